The second-order valence-electron chi connectivity index (χ2n) is 5.41. The van der Waals surface area contributed by atoms with Gasteiger partial charge in [0, 0.05) is 17.3 Å². The molecule has 1 atom stereocenters. The lowest BCUT2D eigenvalue weighted by atomic mass is 9.98. The van der Waals surface area contributed by atoms with E-state index in [9.17, 15) is 20.2 Å². The van der Waals surface area contributed by atoms with Gasteiger partial charge in [0.15, 0.2) is 0 Å². The van der Waals surface area contributed by atoms with Crippen LogP contribution in [0.25, 0.3) is 0 Å². The summed E-state index contributed by atoms with van der Waals surface area (Å²) in [5.41, 5.74) is 6.34. The van der Waals surface area contributed by atoms with Crippen molar-refractivity contribution < 1.29 is 9.85 Å². The number of benzene rings is 1. The highest BCUT2D eigenvalue weighted by Gasteiger charge is 2.25. The van der Waals surface area contributed by atoms with Crippen LogP contribution < -0.4 is 10.9 Å². The quantitative estimate of drug-likeness (QED) is 0.581. The van der Waals surface area contributed by atoms with Crippen molar-refractivity contribution in [2.45, 2.75) is 12.5 Å². The Balaban J connectivity index is 1.87. The summed E-state index contributed by atoms with van der Waals surface area (Å²) < 4.78 is 0. The van der Waals surface area contributed by atoms with E-state index < -0.39 is 21.6 Å². The van der Waals surface area contributed by atoms with Gasteiger partial charge < -0.3 is 5.43 Å². The van der Waals surface area contributed by atoms with Crippen molar-refractivity contribution in [1.82, 2.24) is 10.4 Å². The molecule has 0 radical (unpaired) electrons. The Morgan fingerprint density at radius 2 is 1.92 bits per heavy atom. The number of hydrazine groups is 1. The van der Waals surface area contributed by atoms with Crippen LogP contribution in [-0.2, 0) is 6.42 Å². The average Bonchev–Trinajstić information content (AvgIpc) is 2.60. The number of nitro benzene ring substituents is 2. The number of aromatic nitrogens is 1. The summed E-state index contributed by atoms with van der Waals surface area (Å²) in [6.07, 6.45) is 3.84. The molecule has 0 fully saturated rings. The largest absolute Gasteiger partial charge is 0.315 e. The van der Waals surface area contributed by atoms with Crippen LogP contribution in [-0.4, -0.2) is 14.8 Å². The number of rotatable bonds is 5. The summed E-state index contributed by atoms with van der Waals surface area (Å²) >= 11 is 12.2. The fraction of sp³-hybridized carbons (Fsp3) is 0.133. The fourth-order valence-corrected chi connectivity index (χ4v) is 2.96. The van der Waals surface area contributed by atoms with E-state index in [2.05, 4.69) is 15.8 Å². The van der Waals surface area contributed by atoms with Crippen LogP contribution in [0.2, 0.25) is 5.02 Å². The Morgan fingerprint density at radius 1 is 1.15 bits per heavy atom. The van der Waals surface area contributed by atoms with E-state index in [4.69, 9.17) is 23.2 Å². The molecule has 0 bridgehead atoms. The molecule has 11 heteroatoms. The topological polar surface area (TPSA) is 123 Å². The predicted octanol–water partition coefficient (Wildman–Crippen LogP) is 3.89. The number of fused-ring (bicyclic) bond motifs is 1. The van der Waals surface area contributed by atoms with Crippen molar-refractivity contribution in [1.29, 1.82) is 0 Å². The van der Waals surface area contributed by atoms with Gasteiger partial charge in [-0.3, -0.25) is 25.2 Å². The monoisotopic (exact) mass is 395 g/mol. The number of allylic oxidation sites excluding steroid dienone is 1. The fourth-order valence-electron chi connectivity index (χ4n) is 2.55. The van der Waals surface area contributed by atoms with Crippen LogP contribution in [0.1, 0.15) is 17.3 Å². The first-order valence-electron chi connectivity index (χ1n) is 7.31. The number of hydrogen-bond acceptors (Lipinski definition) is 7. The van der Waals surface area contributed by atoms with E-state index >= 15 is 0 Å². The predicted molar refractivity (Wildman–Crippen MR) is 96.1 cm³/mol. The zero-order chi connectivity index (χ0) is 18.8. The molecule has 1 aliphatic rings. The minimum Gasteiger partial charge on any atom is -0.315 e. The number of nitrogens with one attached hydrogen (secondary N) is 2. The number of nitrogens with zero attached hydrogens (tertiary/aromatic N) is 3. The van der Waals surface area contributed by atoms with Crippen molar-refractivity contribution in [2.75, 3.05) is 5.43 Å². The smallest absolute Gasteiger partial charge is 0.300 e. The third kappa shape index (κ3) is 3.59. The molecular formula is C15H11Cl2N5O4. The van der Waals surface area contributed by atoms with Crippen LogP contribution >= 0.6 is 23.2 Å². The van der Waals surface area contributed by atoms with Gasteiger partial charge in [0.1, 0.15) is 11.7 Å². The first-order valence-corrected chi connectivity index (χ1v) is 8.06. The number of anilines is 1. The summed E-state index contributed by atoms with van der Waals surface area (Å²) in [4.78, 5) is 24.9. The van der Waals surface area contributed by atoms with Crippen molar-refractivity contribution in [3.8, 4) is 0 Å². The summed E-state index contributed by atoms with van der Waals surface area (Å²) in [6, 6.07) is 4.52. The molecule has 134 valence electrons. The zero-order valence-corrected chi connectivity index (χ0v) is 14.5. The molecule has 0 saturated carbocycles. The van der Waals surface area contributed by atoms with Crippen LogP contribution in [0.4, 0.5) is 17.1 Å². The van der Waals surface area contributed by atoms with E-state index in [0.29, 0.717) is 22.2 Å². The second-order valence-corrected chi connectivity index (χ2v) is 6.28. The SMILES string of the molecule is O=[N+]([O-])c1ccc(NNC2C(Cl)=CCc3cc(Cl)cnc32)c([N+](=O)[O-])c1. The van der Waals surface area contributed by atoms with E-state index in [1.807, 2.05) is 0 Å². The van der Waals surface area contributed by atoms with Crippen LogP contribution in [0.3, 0.4) is 0 Å². The minimum atomic E-state index is -0.707. The van der Waals surface area contributed by atoms with E-state index in [-0.39, 0.29) is 11.4 Å². The Bertz CT molecular complexity index is 934. The van der Waals surface area contributed by atoms with Gasteiger partial charge in [-0.05, 0) is 24.1 Å². The highest BCUT2D eigenvalue weighted by molar-refractivity contribution is 6.31. The first-order chi connectivity index (χ1) is 12.4. The standard InChI is InChI=1S/C15H11Cl2N5O4/c16-9-5-8-1-3-11(17)15(14(8)18-7-9)20-19-12-4-2-10(21(23)24)6-13(12)22(25)26/h2-7,15,19-20H,1H2. The molecule has 26 heavy (non-hydrogen) atoms. The lowest BCUT2D eigenvalue weighted by Crippen LogP contribution is -2.31. The third-order valence-corrected chi connectivity index (χ3v) is 4.35. The number of nitro groups is 2. The maximum absolute atomic E-state index is 11.2. The Labute approximate surface area is 156 Å². The van der Waals surface area contributed by atoms with Crippen LogP contribution in [0.5, 0.6) is 0 Å². The Kier molecular flexibility index (Phi) is 5.03. The van der Waals surface area contributed by atoms with Crippen molar-refractivity contribution in [2.24, 2.45) is 0 Å². The molecule has 0 spiro atoms. The number of pyridine rings is 1. The number of non-ortho nitro benzene ring substituents is 1. The maximum atomic E-state index is 11.2. The molecule has 1 aromatic carbocycles. The summed E-state index contributed by atoms with van der Waals surface area (Å²) in [6.45, 7) is 0. The zero-order valence-electron chi connectivity index (χ0n) is 13.0. The molecular weight excluding hydrogens is 385 g/mol. The summed E-state index contributed by atoms with van der Waals surface area (Å²) in [7, 11) is 0. The molecule has 1 aliphatic carbocycles. The summed E-state index contributed by atoms with van der Waals surface area (Å²) in [5, 5.41) is 23.0. The molecule has 2 N–H and O–H groups in total. The highest BCUT2D eigenvalue weighted by atomic mass is 35.5. The number of halogens is 2. The number of hydrogen-bond donors (Lipinski definition) is 2. The first kappa shape index (κ1) is 18.1. The van der Waals surface area contributed by atoms with E-state index in [0.717, 1.165) is 11.6 Å². The van der Waals surface area contributed by atoms with Gasteiger partial charge >= 0.3 is 5.69 Å². The molecule has 2 aromatic rings. The van der Waals surface area contributed by atoms with E-state index in [1.54, 1.807) is 12.1 Å². The van der Waals surface area contributed by atoms with Gasteiger partial charge in [-0.25, -0.2) is 5.43 Å². The third-order valence-electron chi connectivity index (χ3n) is 3.77. The lowest BCUT2D eigenvalue weighted by Gasteiger charge is -2.24. The lowest BCUT2D eigenvalue weighted by molar-refractivity contribution is -0.393. The molecule has 0 saturated heterocycles. The summed E-state index contributed by atoms with van der Waals surface area (Å²) in [5.74, 6) is 0. The Morgan fingerprint density at radius 3 is 2.62 bits per heavy atom. The average molecular weight is 396 g/mol. The van der Waals surface area contributed by atoms with Gasteiger partial charge in [0.05, 0.1) is 26.6 Å². The molecule has 0 amide bonds. The molecule has 3 rings (SSSR count). The van der Waals surface area contributed by atoms with Gasteiger partial charge in [-0.15, -0.1) is 0 Å². The van der Waals surface area contributed by atoms with E-state index in [1.165, 1.54) is 18.3 Å². The van der Waals surface area contributed by atoms with Gasteiger partial charge in [0.2, 0.25) is 0 Å². The molecule has 1 heterocycles. The van der Waals surface area contributed by atoms with Gasteiger partial charge in [0.25, 0.3) is 5.69 Å². The second kappa shape index (κ2) is 7.24. The van der Waals surface area contributed by atoms with Gasteiger partial charge in [-0.1, -0.05) is 29.3 Å². The maximum Gasteiger partial charge on any atom is 0.300 e. The Hall–Kier alpha value is -2.75. The van der Waals surface area contributed by atoms with Crippen LogP contribution in [0.15, 0.2) is 41.6 Å². The highest BCUT2D eigenvalue weighted by Crippen LogP contribution is 2.34. The molecule has 1 aromatic heterocycles. The molecule has 0 aliphatic heterocycles. The minimum absolute atomic E-state index is 0.0613. The van der Waals surface area contributed by atoms with Crippen molar-refractivity contribution >= 4 is 40.3 Å². The van der Waals surface area contributed by atoms with Crippen LogP contribution in [0, 0.1) is 20.2 Å². The van der Waals surface area contributed by atoms with Crippen molar-refractivity contribution in [3.05, 3.63) is 78.1 Å². The van der Waals surface area contributed by atoms with Crippen molar-refractivity contribution in [3.63, 3.8) is 0 Å². The molecule has 9 nitrogen and oxygen atoms in total. The van der Waals surface area contributed by atoms with Gasteiger partial charge in [-0.2, -0.15) is 0 Å². The molecule has 1 unspecified atom stereocenters. The normalized spacial score (nSPS) is 15.8.